The summed E-state index contributed by atoms with van der Waals surface area (Å²) in [4.78, 5) is 22.4. The summed E-state index contributed by atoms with van der Waals surface area (Å²) in [6.45, 7) is 1.69. The first kappa shape index (κ1) is 18.1. The van der Waals surface area contributed by atoms with Gasteiger partial charge < -0.3 is 5.32 Å². The lowest BCUT2D eigenvalue weighted by Crippen LogP contribution is -2.34. The van der Waals surface area contributed by atoms with E-state index in [9.17, 15) is 14.9 Å². The standard InChI is InChI=1S/C15H11Cl2N3O3S/c1-8-6-10(20(22)23)3-5-13(8)18-15(24)19-14(21)11-4-2-9(16)7-12(11)17/h2-7H,1H3,(H2,18,19,21,24). The molecule has 1 amide bonds. The lowest BCUT2D eigenvalue weighted by Gasteiger charge is -2.12. The fourth-order valence-corrected chi connectivity index (χ4v) is 2.60. The molecule has 6 nitrogen and oxygen atoms in total. The summed E-state index contributed by atoms with van der Waals surface area (Å²) in [7, 11) is 0. The normalized spacial score (nSPS) is 10.1. The summed E-state index contributed by atoms with van der Waals surface area (Å²) in [6, 6.07) is 8.74. The first-order chi connectivity index (χ1) is 11.3. The van der Waals surface area contributed by atoms with Crippen LogP contribution >= 0.6 is 35.4 Å². The molecule has 0 heterocycles. The largest absolute Gasteiger partial charge is 0.332 e. The van der Waals surface area contributed by atoms with Crippen LogP contribution in [0.5, 0.6) is 0 Å². The van der Waals surface area contributed by atoms with Gasteiger partial charge in [-0.25, -0.2) is 0 Å². The van der Waals surface area contributed by atoms with Crippen molar-refractivity contribution in [1.29, 1.82) is 0 Å². The number of nitrogens with one attached hydrogen (secondary N) is 2. The molecule has 0 fully saturated rings. The molecule has 0 aliphatic rings. The van der Waals surface area contributed by atoms with E-state index in [1.807, 2.05) is 0 Å². The van der Waals surface area contributed by atoms with Gasteiger partial charge in [0, 0.05) is 22.8 Å². The van der Waals surface area contributed by atoms with E-state index in [1.54, 1.807) is 13.0 Å². The predicted molar refractivity (Wildman–Crippen MR) is 98.0 cm³/mol. The number of benzene rings is 2. The Morgan fingerprint density at radius 1 is 1.21 bits per heavy atom. The summed E-state index contributed by atoms with van der Waals surface area (Å²) in [6.07, 6.45) is 0. The fraction of sp³-hybridized carbons (Fsp3) is 0.0667. The van der Waals surface area contributed by atoms with E-state index in [4.69, 9.17) is 35.4 Å². The number of hydrogen-bond acceptors (Lipinski definition) is 4. The van der Waals surface area contributed by atoms with Crippen molar-refractivity contribution in [3.05, 3.63) is 67.7 Å². The Labute approximate surface area is 152 Å². The summed E-state index contributed by atoms with van der Waals surface area (Å²) in [5.41, 5.74) is 1.37. The first-order valence-electron chi connectivity index (χ1n) is 6.60. The Kier molecular flexibility index (Phi) is 5.71. The van der Waals surface area contributed by atoms with E-state index in [0.717, 1.165) is 0 Å². The third-order valence-corrected chi connectivity index (χ3v) is 3.82. The van der Waals surface area contributed by atoms with Crippen LogP contribution in [0.1, 0.15) is 15.9 Å². The van der Waals surface area contributed by atoms with Gasteiger partial charge >= 0.3 is 0 Å². The third-order valence-electron chi connectivity index (χ3n) is 3.07. The molecule has 24 heavy (non-hydrogen) atoms. The van der Waals surface area contributed by atoms with Crippen molar-refractivity contribution >= 4 is 57.8 Å². The molecule has 2 aromatic carbocycles. The Morgan fingerprint density at radius 3 is 2.50 bits per heavy atom. The predicted octanol–water partition coefficient (Wildman–Crippen LogP) is 4.34. The molecule has 0 radical (unpaired) electrons. The number of halogens is 2. The first-order valence-corrected chi connectivity index (χ1v) is 7.77. The second kappa shape index (κ2) is 7.57. The van der Waals surface area contributed by atoms with E-state index in [1.165, 1.54) is 30.3 Å². The highest BCUT2D eigenvalue weighted by Gasteiger charge is 2.13. The Balaban J connectivity index is 2.08. The number of nitro groups is 1. The zero-order valence-corrected chi connectivity index (χ0v) is 14.6. The molecule has 124 valence electrons. The van der Waals surface area contributed by atoms with Crippen molar-refractivity contribution in [2.45, 2.75) is 6.92 Å². The number of rotatable bonds is 3. The SMILES string of the molecule is Cc1cc([N+](=O)[O-])ccc1NC(=S)NC(=O)c1ccc(Cl)cc1Cl. The van der Waals surface area contributed by atoms with Crippen LogP contribution in [0.3, 0.4) is 0 Å². The minimum atomic E-state index is -0.492. The van der Waals surface area contributed by atoms with Crippen molar-refractivity contribution in [3.63, 3.8) is 0 Å². The van der Waals surface area contributed by atoms with Crippen LogP contribution < -0.4 is 10.6 Å². The quantitative estimate of drug-likeness (QED) is 0.467. The molecule has 0 saturated heterocycles. The monoisotopic (exact) mass is 383 g/mol. The highest BCUT2D eigenvalue weighted by Crippen LogP contribution is 2.22. The lowest BCUT2D eigenvalue weighted by molar-refractivity contribution is -0.384. The number of hydrogen-bond donors (Lipinski definition) is 2. The second-order valence-corrected chi connectivity index (χ2v) is 6.04. The summed E-state index contributed by atoms with van der Waals surface area (Å²) in [5.74, 6) is -0.492. The average molecular weight is 384 g/mol. The molecule has 0 spiro atoms. The molecule has 9 heteroatoms. The van der Waals surface area contributed by atoms with Crippen LogP contribution in [0.15, 0.2) is 36.4 Å². The molecule has 0 aliphatic heterocycles. The molecule has 0 unspecified atom stereocenters. The average Bonchev–Trinajstić information content (AvgIpc) is 2.48. The van der Waals surface area contributed by atoms with Crippen LogP contribution in [0, 0.1) is 17.0 Å². The molecule has 0 aromatic heterocycles. The molecule has 0 aliphatic carbocycles. The minimum Gasteiger partial charge on any atom is -0.332 e. The lowest BCUT2D eigenvalue weighted by atomic mass is 10.2. The van der Waals surface area contributed by atoms with Crippen molar-refractivity contribution in [2.24, 2.45) is 0 Å². The molecule has 0 bridgehead atoms. The van der Waals surface area contributed by atoms with E-state index in [-0.39, 0.29) is 21.4 Å². The number of aryl methyl sites for hydroxylation is 1. The molecule has 2 N–H and O–H groups in total. The number of carbonyl (C=O) groups is 1. The Hall–Kier alpha value is -2.22. The van der Waals surface area contributed by atoms with Crippen LogP contribution in [-0.4, -0.2) is 15.9 Å². The van der Waals surface area contributed by atoms with Gasteiger partial charge in [-0.1, -0.05) is 23.2 Å². The summed E-state index contributed by atoms with van der Waals surface area (Å²) >= 11 is 16.8. The fourth-order valence-electron chi connectivity index (χ4n) is 1.90. The van der Waals surface area contributed by atoms with Crippen LogP contribution in [-0.2, 0) is 0 Å². The van der Waals surface area contributed by atoms with E-state index >= 15 is 0 Å². The van der Waals surface area contributed by atoms with Gasteiger partial charge in [0.05, 0.1) is 15.5 Å². The van der Waals surface area contributed by atoms with Gasteiger partial charge in [-0.15, -0.1) is 0 Å². The maximum absolute atomic E-state index is 12.2. The van der Waals surface area contributed by atoms with Gasteiger partial charge in [0.25, 0.3) is 11.6 Å². The van der Waals surface area contributed by atoms with Gasteiger partial charge in [0.15, 0.2) is 5.11 Å². The summed E-state index contributed by atoms with van der Waals surface area (Å²) in [5, 5.41) is 16.7. The zero-order chi connectivity index (χ0) is 17.9. The number of nitrogens with zero attached hydrogens (tertiary/aromatic N) is 1. The van der Waals surface area contributed by atoms with Crippen molar-refractivity contribution in [3.8, 4) is 0 Å². The number of nitro benzene ring substituents is 1. The molecular weight excluding hydrogens is 373 g/mol. The minimum absolute atomic E-state index is 0.0269. The Bertz CT molecular complexity index is 843. The van der Waals surface area contributed by atoms with Crippen molar-refractivity contribution < 1.29 is 9.72 Å². The second-order valence-electron chi connectivity index (χ2n) is 4.79. The topological polar surface area (TPSA) is 84.3 Å². The van der Waals surface area contributed by atoms with Gasteiger partial charge in [-0.2, -0.15) is 0 Å². The van der Waals surface area contributed by atoms with Gasteiger partial charge in [0.1, 0.15) is 0 Å². The van der Waals surface area contributed by atoms with Crippen LogP contribution in [0.25, 0.3) is 0 Å². The maximum Gasteiger partial charge on any atom is 0.269 e. The molecular formula is C15H11Cl2N3O3S. The van der Waals surface area contributed by atoms with Gasteiger partial charge in [-0.05, 0) is 49.0 Å². The van der Waals surface area contributed by atoms with Gasteiger partial charge in [-0.3, -0.25) is 20.2 Å². The van der Waals surface area contributed by atoms with E-state index in [2.05, 4.69) is 10.6 Å². The van der Waals surface area contributed by atoms with E-state index < -0.39 is 10.8 Å². The number of amides is 1. The molecule has 2 rings (SSSR count). The third kappa shape index (κ3) is 4.41. The zero-order valence-electron chi connectivity index (χ0n) is 12.3. The molecule has 0 atom stereocenters. The number of non-ortho nitro benzene ring substituents is 1. The maximum atomic E-state index is 12.2. The Morgan fingerprint density at radius 2 is 1.92 bits per heavy atom. The summed E-state index contributed by atoms with van der Waals surface area (Å²) < 4.78 is 0. The smallest absolute Gasteiger partial charge is 0.269 e. The van der Waals surface area contributed by atoms with Crippen LogP contribution in [0.2, 0.25) is 10.0 Å². The molecule has 0 saturated carbocycles. The number of carbonyl (C=O) groups excluding carboxylic acids is 1. The highest BCUT2D eigenvalue weighted by atomic mass is 35.5. The van der Waals surface area contributed by atoms with Gasteiger partial charge in [0.2, 0.25) is 0 Å². The molecule has 2 aromatic rings. The number of thiocarbonyl (C=S) groups is 1. The van der Waals surface area contributed by atoms with E-state index in [0.29, 0.717) is 16.3 Å². The van der Waals surface area contributed by atoms with Crippen molar-refractivity contribution in [1.82, 2.24) is 5.32 Å². The highest BCUT2D eigenvalue weighted by molar-refractivity contribution is 7.80. The van der Waals surface area contributed by atoms with Crippen LogP contribution in [0.4, 0.5) is 11.4 Å². The van der Waals surface area contributed by atoms with Crippen molar-refractivity contribution in [2.75, 3.05) is 5.32 Å². The number of anilines is 1.